The van der Waals surface area contributed by atoms with Crippen LogP contribution in [0, 0.1) is 11.6 Å². The van der Waals surface area contributed by atoms with Gasteiger partial charge in [0.05, 0.1) is 4.90 Å². The molecule has 146 valence electrons. The fourth-order valence-corrected chi connectivity index (χ4v) is 3.72. The van der Waals surface area contributed by atoms with E-state index >= 15 is 0 Å². The molecule has 1 unspecified atom stereocenters. The maximum absolute atomic E-state index is 14.0. The van der Waals surface area contributed by atoms with E-state index in [0.717, 1.165) is 12.1 Å². The van der Waals surface area contributed by atoms with E-state index < -0.39 is 45.2 Å². The van der Waals surface area contributed by atoms with Crippen LogP contribution < -0.4 is 9.46 Å². The number of nitrogens with one attached hydrogen (secondary N) is 1. The van der Waals surface area contributed by atoms with E-state index in [1.165, 1.54) is 12.1 Å². The van der Waals surface area contributed by atoms with E-state index in [1.54, 1.807) is 12.1 Å². The van der Waals surface area contributed by atoms with Crippen molar-refractivity contribution >= 4 is 44.6 Å². The van der Waals surface area contributed by atoms with Crippen molar-refractivity contribution in [1.29, 1.82) is 0 Å². The number of thiol groups is 1. The number of carboxylic acids is 1. The molecule has 0 spiro atoms. The Balaban J connectivity index is 2.10. The molecule has 27 heavy (non-hydrogen) atoms. The molecular formula is C16H14BrF2NO5S2. The minimum absolute atomic E-state index is 0.0287. The molecule has 0 amide bonds. The second-order valence-corrected chi connectivity index (χ2v) is 8.62. The number of aliphatic carboxylic acids is 1. The molecule has 0 aliphatic carbocycles. The van der Waals surface area contributed by atoms with Crippen molar-refractivity contribution in [2.24, 2.45) is 0 Å². The summed E-state index contributed by atoms with van der Waals surface area (Å²) in [6.07, 6.45) is 0. The number of halogens is 3. The van der Waals surface area contributed by atoms with E-state index in [1.807, 2.05) is 0 Å². The summed E-state index contributed by atoms with van der Waals surface area (Å²) in [5.41, 5.74) is 0.0644. The zero-order valence-electron chi connectivity index (χ0n) is 13.5. The molecule has 2 aromatic carbocycles. The first-order chi connectivity index (χ1) is 12.6. The summed E-state index contributed by atoms with van der Waals surface area (Å²) in [5.74, 6) is -4.42. The third-order valence-corrected chi connectivity index (χ3v) is 5.78. The van der Waals surface area contributed by atoms with Crippen molar-refractivity contribution < 1.29 is 31.8 Å². The van der Waals surface area contributed by atoms with Gasteiger partial charge in [-0.15, -0.1) is 0 Å². The average molecular weight is 482 g/mol. The monoisotopic (exact) mass is 481 g/mol. The Morgan fingerprint density at radius 3 is 2.30 bits per heavy atom. The molecule has 0 bridgehead atoms. The zero-order valence-corrected chi connectivity index (χ0v) is 16.8. The number of benzene rings is 2. The Kier molecular flexibility index (Phi) is 7.20. The van der Waals surface area contributed by atoms with Gasteiger partial charge in [0.15, 0.2) is 24.0 Å². The van der Waals surface area contributed by atoms with E-state index in [4.69, 9.17) is 5.11 Å². The van der Waals surface area contributed by atoms with Crippen LogP contribution in [0.1, 0.15) is 10.8 Å². The highest BCUT2D eigenvalue weighted by Gasteiger charge is 2.20. The van der Waals surface area contributed by atoms with Crippen LogP contribution in [0.4, 0.5) is 8.78 Å². The molecule has 0 aliphatic heterocycles. The van der Waals surface area contributed by atoms with Crippen molar-refractivity contribution in [3.63, 3.8) is 0 Å². The number of hydrogen-bond donors (Lipinski definition) is 3. The van der Waals surface area contributed by atoms with Crippen LogP contribution in [0.25, 0.3) is 0 Å². The fraction of sp³-hybridized carbons (Fsp3) is 0.188. The highest BCUT2D eigenvalue weighted by molar-refractivity contribution is 9.10. The molecule has 11 heteroatoms. The zero-order chi connectivity index (χ0) is 20.2. The number of rotatable bonds is 8. The molecule has 0 aromatic heterocycles. The minimum Gasteiger partial charge on any atom is -0.479 e. The summed E-state index contributed by atoms with van der Waals surface area (Å²) in [7, 11) is -3.82. The van der Waals surface area contributed by atoms with Gasteiger partial charge in [0.2, 0.25) is 10.0 Å². The number of sulfonamides is 1. The standard InChI is InChI=1S/C16H14BrF2NO5S2/c17-10-1-3-11(4-2-10)27(23,24)20-7-14(26)9-5-12(18)16(13(19)6-9)25-8-15(21)22/h1-6,14,20,26H,7-8H2,(H,21,22). The topological polar surface area (TPSA) is 92.7 Å². The summed E-state index contributed by atoms with van der Waals surface area (Å²) >= 11 is 7.37. The van der Waals surface area contributed by atoms with Gasteiger partial charge >= 0.3 is 5.97 Å². The third-order valence-electron chi connectivity index (χ3n) is 3.34. The Labute approximate surface area is 168 Å². The SMILES string of the molecule is O=C(O)COc1c(F)cc(C(S)CNS(=O)(=O)c2ccc(Br)cc2)cc1F. The highest BCUT2D eigenvalue weighted by atomic mass is 79.9. The molecule has 0 fully saturated rings. The van der Waals surface area contributed by atoms with Gasteiger partial charge in [-0.25, -0.2) is 26.7 Å². The summed E-state index contributed by atoms with van der Waals surface area (Å²) in [5, 5.41) is 7.65. The van der Waals surface area contributed by atoms with Crippen LogP contribution in [-0.2, 0) is 14.8 Å². The molecule has 2 aromatic rings. The molecule has 6 nitrogen and oxygen atoms in total. The second kappa shape index (κ2) is 9.00. The summed E-state index contributed by atoms with van der Waals surface area (Å²) in [6, 6.07) is 7.74. The summed E-state index contributed by atoms with van der Waals surface area (Å²) < 4.78 is 60.0. The summed E-state index contributed by atoms with van der Waals surface area (Å²) in [4.78, 5) is 10.5. The maximum Gasteiger partial charge on any atom is 0.341 e. The number of ether oxygens (including phenoxy) is 1. The van der Waals surface area contributed by atoms with Crippen molar-refractivity contribution in [3.8, 4) is 5.75 Å². The molecular weight excluding hydrogens is 468 g/mol. The van der Waals surface area contributed by atoms with Gasteiger partial charge in [-0.1, -0.05) is 15.9 Å². The van der Waals surface area contributed by atoms with Crippen LogP contribution >= 0.6 is 28.6 Å². The molecule has 1 atom stereocenters. The van der Waals surface area contributed by atoms with Gasteiger partial charge in [0.1, 0.15) is 0 Å². The van der Waals surface area contributed by atoms with E-state index in [0.29, 0.717) is 4.47 Å². The van der Waals surface area contributed by atoms with Gasteiger partial charge < -0.3 is 9.84 Å². The van der Waals surface area contributed by atoms with Crippen molar-refractivity contribution in [2.45, 2.75) is 10.1 Å². The van der Waals surface area contributed by atoms with Gasteiger partial charge in [-0.3, -0.25) is 0 Å². The fourth-order valence-electron chi connectivity index (χ4n) is 2.05. The average Bonchev–Trinajstić information content (AvgIpc) is 2.59. The van der Waals surface area contributed by atoms with Crippen molar-refractivity contribution in [1.82, 2.24) is 4.72 Å². The van der Waals surface area contributed by atoms with Gasteiger partial charge in [-0.2, -0.15) is 12.6 Å². The molecule has 0 radical (unpaired) electrons. The van der Waals surface area contributed by atoms with Crippen LogP contribution in [-0.4, -0.2) is 32.6 Å². The van der Waals surface area contributed by atoms with Gasteiger partial charge in [-0.05, 0) is 42.0 Å². The van der Waals surface area contributed by atoms with Crippen LogP contribution in [0.3, 0.4) is 0 Å². The Hall–Kier alpha value is -1.69. The quantitative estimate of drug-likeness (QED) is 0.503. The lowest BCUT2D eigenvalue weighted by atomic mass is 10.1. The van der Waals surface area contributed by atoms with E-state index in [9.17, 15) is 22.0 Å². The lowest BCUT2D eigenvalue weighted by Crippen LogP contribution is -2.27. The lowest BCUT2D eigenvalue weighted by molar-refractivity contribution is -0.139. The number of carbonyl (C=O) groups is 1. The largest absolute Gasteiger partial charge is 0.479 e. The molecule has 2 rings (SSSR count). The second-order valence-electron chi connectivity index (χ2n) is 5.32. The molecule has 0 heterocycles. The highest BCUT2D eigenvalue weighted by Crippen LogP contribution is 2.29. The molecule has 2 N–H and O–H groups in total. The first-order valence-electron chi connectivity index (χ1n) is 7.37. The smallest absolute Gasteiger partial charge is 0.341 e. The van der Waals surface area contributed by atoms with Crippen molar-refractivity contribution in [3.05, 3.63) is 58.1 Å². The Bertz CT molecular complexity index is 915. The van der Waals surface area contributed by atoms with Crippen LogP contribution in [0.15, 0.2) is 45.8 Å². The van der Waals surface area contributed by atoms with Crippen molar-refractivity contribution in [2.75, 3.05) is 13.2 Å². The predicted molar refractivity (Wildman–Crippen MR) is 101 cm³/mol. The Morgan fingerprint density at radius 2 is 1.78 bits per heavy atom. The first kappa shape index (κ1) is 21.6. The Morgan fingerprint density at radius 1 is 1.22 bits per heavy atom. The number of hydrogen-bond acceptors (Lipinski definition) is 5. The summed E-state index contributed by atoms with van der Waals surface area (Å²) in [6.45, 7) is -1.12. The molecule has 0 saturated carbocycles. The lowest BCUT2D eigenvalue weighted by Gasteiger charge is -2.15. The van der Waals surface area contributed by atoms with Gasteiger partial charge in [0, 0.05) is 16.3 Å². The van der Waals surface area contributed by atoms with Crippen LogP contribution in [0.2, 0.25) is 0 Å². The first-order valence-corrected chi connectivity index (χ1v) is 10.2. The number of carboxylic acid groups (broad SMARTS) is 1. The third kappa shape index (κ3) is 5.89. The predicted octanol–water partition coefficient (Wildman–Crippen LogP) is 3.14. The maximum atomic E-state index is 14.0. The normalized spacial score (nSPS) is 12.6. The van der Waals surface area contributed by atoms with Crippen LogP contribution in [0.5, 0.6) is 5.75 Å². The van der Waals surface area contributed by atoms with E-state index in [2.05, 4.69) is 38.0 Å². The van der Waals surface area contributed by atoms with E-state index in [-0.39, 0.29) is 17.0 Å². The van der Waals surface area contributed by atoms with Gasteiger partial charge in [0.25, 0.3) is 0 Å². The molecule has 0 aliphatic rings. The minimum atomic E-state index is -3.82. The molecule has 0 saturated heterocycles.